The van der Waals surface area contributed by atoms with E-state index in [1.807, 2.05) is 0 Å². The van der Waals surface area contributed by atoms with Crippen LogP contribution in [0.2, 0.25) is 0 Å². The average molecular weight is 257 g/mol. The maximum absolute atomic E-state index is 12.0. The molecule has 1 rings (SSSR count). The number of rotatable bonds is 7. The summed E-state index contributed by atoms with van der Waals surface area (Å²) in [6.07, 6.45) is 4.20. The van der Waals surface area contributed by atoms with Crippen molar-refractivity contribution in [3.8, 4) is 0 Å². The van der Waals surface area contributed by atoms with Gasteiger partial charge in [0.2, 0.25) is 11.8 Å². The molecule has 0 saturated heterocycles. The molecule has 1 fully saturated rings. The van der Waals surface area contributed by atoms with Gasteiger partial charge in [0.15, 0.2) is 0 Å². The summed E-state index contributed by atoms with van der Waals surface area (Å²) in [5, 5.41) is 2.82. The molecule has 2 atom stereocenters. The Labute approximate surface area is 107 Å². The predicted octanol–water partition coefficient (Wildman–Crippen LogP) is -0.630. The second-order valence-corrected chi connectivity index (χ2v) is 4.70. The van der Waals surface area contributed by atoms with Crippen LogP contribution in [0.4, 0.5) is 0 Å². The van der Waals surface area contributed by atoms with Crippen molar-refractivity contribution in [2.75, 3.05) is 26.3 Å². The van der Waals surface area contributed by atoms with E-state index >= 15 is 0 Å². The Hall–Kier alpha value is -1.14. The zero-order valence-corrected chi connectivity index (χ0v) is 10.7. The van der Waals surface area contributed by atoms with E-state index < -0.39 is 5.91 Å². The third-order valence-corrected chi connectivity index (χ3v) is 3.34. The molecule has 6 heteroatoms. The molecule has 18 heavy (non-hydrogen) atoms. The normalized spacial score (nSPS) is 23.6. The van der Waals surface area contributed by atoms with E-state index in [4.69, 9.17) is 16.2 Å². The van der Waals surface area contributed by atoms with Crippen molar-refractivity contribution in [3.05, 3.63) is 0 Å². The van der Waals surface area contributed by atoms with E-state index in [2.05, 4.69) is 5.32 Å². The van der Waals surface area contributed by atoms with Crippen LogP contribution in [0.5, 0.6) is 0 Å². The fraction of sp³-hybridized carbons (Fsp3) is 0.833. The number of carbonyl (C=O) groups is 2. The molecule has 0 aromatic heterocycles. The highest BCUT2D eigenvalue weighted by Gasteiger charge is 2.29. The van der Waals surface area contributed by atoms with Crippen molar-refractivity contribution in [2.45, 2.75) is 25.7 Å². The Balaban J connectivity index is 2.20. The largest absolute Gasteiger partial charge is 0.370 e. The van der Waals surface area contributed by atoms with E-state index in [1.54, 1.807) is 0 Å². The van der Waals surface area contributed by atoms with Gasteiger partial charge in [-0.1, -0.05) is 12.8 Å². The summed E-state index contributed by atoms with van der Waals surface area (Å²) >= 11 is 0. The summed E-state index contributed by atoms with van der Waals surface area (Å²) in [5.74, 6) is -0.130. The molecule has 0 radical (unpaired) electrons. The van der Waals surface area contributed by atoms with Gasteiger partial charge in [0.05, 0.1) is 6.61 Å². The van der Waals surface area contributed by atoms with E-state index in [1.165, 1.54) is 0 Å². The van der Waals surface area contributed by atoms with Crippen LogP contribution >= 0.6 is 0 Å². The number of hydrogen-bond acceptors (Lipinski definition) is 4. The molecular formula is C12H23N3O3. The SMILES string of the molecule is NCC1CCCCC1C(=O)NCCOCC(N)=O. The lowest BCUT2D eigenvalue weighted by Gasteiger charge is -2.29. The first-order valence-electron chi connectivity index (χ1n) is 6.49. The summed E-state index contributed by atoms with van der Waals surface area (Å²) in [7, 11) is 0. The van der Waals surface area contributed by atoms with E-state index in [0.29, 0.717) is 25.6 Å². The van der Waals surface area contributed by atoms with E-state index in [9.17, 15) is 9.59 Å². The van der Waals surface area contributed by atoms with Crippen molar-refractivity contribution >= 4 is 11.8 Å². The van der Waals surface area contributed by atoms with Crippen molar-refractivity contribution in [3.63, 3.8) is 0 Å². The molecule has 104 valence electrons. The van der Waals surface area contributed by atoms with E-state index in [0.717, 1.165) is 25.7 Å². The third-order valence-electron chi connectivity index (χ3n) is 3.34. The molecule has 0 aromatic carbocycles. The van der Waals surface area contributed by atoms with Crippen LogP contribution in [0.1, 0.15) is 25.7 Å². The van der Waals surface area contributed by atoms with Crippen molar-refractivity contribution in [2.24, 2.45) is 23.3 Å². The first-order valence-corrected chi connectivity index (χ1v) is 6.49. The highest BCUT2D eigenvalue weighted by Crippen LogP contribution is 2.29. The Morgan fingerprint density at radius 2 is 2.00 bits per heavy atom. The number of nitrogens with two attached hydrogens (primary N) is 2. The minimum Gasteiger partial charge on any atom is -0.370 e. The second-order valence-electron chi connectivity index (χ2n) is 4.70. The molecule has 0 heterocycles. The maximum Gasteiger partial charge on any atom is 0.243 e. The minimum atomic E-state index is -0.503. The van der Waals surface area contributed by atoms with Crippen LogP contribution < -0.4 is 16.8 Å². The van der Waals surface area contributed by atoms with Gasteiger partial charge in [0.25, 0.3) is 0 Å². The van der Waals surface area contributed by atoms with Gasteiger partial charge in [0.1, 0.15) is 6.61 Å². The second kappa shape index (κ2) is 8.05. The molecule has 5 N–H and O–H groups in total. The van der Waals surface area contributed by atoms with Crippen molar-refractivity contribution < 1.29 is 14.3 Å². The Bertz CT molecular complexity index is 284. The van der Waals surface area contributed by atoms with Gasteiger partial charge in [0, 0.05) is 12.5 Å². The summed E-state index contributed by atoms with van der Waals surface area (Å²) < 4.78 is 4.97. The summed E-state index contributed by atoms with van der Waals surface area (Å²) in [6, 6.07) is 0. The zero-order chi connectivity index (χ0) is 13.4. The standard InChI is InChI=1S/C12H23N3O3/c13-7-9-3-1-2-4-10(9)12(17)15-5-6-18-8-11(14)16/h9-10H,1-8,13H2,(H2,14,16)(H,15,17). The molecule has 2 unspecified atom stereocenters. The molecular weight excluding hydrogens is 234 g/mol. The number of amides is 2. The van der Waals surface area contributed by atoms with Gasteiger partial charge in [-0.15, -0.1) is 0 Å². The highest BCUT2D eigenvalue weighted by atomic mass is 16.5. The average Bonchev–Trinajstić information content (AvgIpc) is 2.37. The third kappa shape index (κ3) is 5.01. The van der Waals surface area contributed by atoms with Crippen LogP contribution in [0.15, 0.2) is 0 Å². The molecule has 1 aliphatic carbocycles. The van der Waals surface area contributed by atoms with Crippen molar-refractivity contribution in [1.82, 2.24) is 5.32 Å². The van der Waals surface area contributed by atoms with Gasteiger partial charge in [-0.3, -0.25) is 9.59 Å². The lowest BCUT2D eigenvalue weighted by Crippen LogP contribution is -2.40. The number of nitrogens with one attached hydrogen (secondary N) is 1. The smallest absolute Gasteiger partial charge is 0.243 e. The predicted molar refractivity (Wildman–Crippen MR) is 67.5 cm³/mol. The molecule has 2 amide bonds. The molecule has 1 aliphatic rings. The molecule has 1 saturated carbocycles. The first-order chi connectivity index (χ1) is 8.65. The van der Waals surface area contributed by atoms with Gasteiger partial charge >= 0.3 is 0 Å². The van der Waals surface area contributed by atoms with Gasteiger partial charge in [-0.25, -0.2) is 0 Å². The fourth-order valence-electron chi connectivity index (χ4n) is 2.39. The van der Waals surface area contributed by atoms with Gasteiger partial charge in [-0.05, 0) is 25.3 Å². The van der Waals surface area contributed by atoms with E-state index in [-0.39, 0.29) is 18.4 Å². The molecule has 0 aliphatic heterocycles. The lowest BCUT2D eigenvalue weighted by molar-refractivity contribution is -0.127. The Morgan fingerprint density at radius 1 is 1.28 bits per heavy atom. The number of ether oxygens (including phenoxy) is 1. The summed E-state index contributed by atoms with van der Waals surface area (Å²) in [5.41, 5.74) is 10.6. The Morgan fingerprint density at radius 3 is 2.67 bits per heavy atom. The minimum absolute atomic E-state index is 0.0277. The molecule has 6 nitrogen and oxygen atoms in total. The highest BCUT2D eigenvalue weighted by molar-refractivity contribution is 5.79. The van der Waals surface area contributed by atoms with Crippen LogP contribution in [-0.2, 0) is 14.3 Å². The maximum atomic E-state index is 12.0. The quantitative estimate of drug-likeness (QED) is 0.528. The van der Waals surface area contributed by atoms with Gasteiger partial charge < -0.3 is 21.5 Å². The number of carbonyl (C=O) groups excluding carboxylic acids is 2. The monoisotopic (exact) mass is 257 g/mol. The zero-order valence-electron chi connectivity index (χ0n) is 10.7. The molecule has 0 aromatic rings. The summed E-state index contributed by atoms with van der Waals surface area (Å²) in [4.78, 5) is 22.4. The van der Waals surface area contributed by atoms with Crippen LogP contribution in [0.3, 0.4) is 0 Å². The molecule has 0 bridgehead atoms. The van der Waals surface area contributed by atoms with Crippen LogP contribution in [0.25, 0.3) is 0 Å². The summed E-state index contributed by atoms with van der Waals surface area (Å²) in [6.45, 7) is 1.16. The topological polar surface area (TPSA) is 107 Å². The fourth-order valence-corrected chi connectivity index (χ4v) is 2.39. The first kappa shape index (κ1) is 14.9. The number of primary amides is 1. The van der Waals surface area contributed by atoms with Crippen LogP contribution in [-0.4, -0.2) is 38.1 Å². The van der Waals surface area contributed by atoms with Crippen LogP contribution in [0, 0.1) is 11.8 Å². The van der Waals surface area contributed by atoms with Gasteiger partial charge in [-0.2, -0.15) is 0 Å². The number of hydrogen-bond donors (Lipinski definition) is 3. The van der Waals surface area contributed by atoms with Crippen molar-refractivity contribution in [1.29, 1.82) is 0 Å². The Kier molecular flexibility index (Phi) is 6.67. The lowest BCUT2D eigenvalue weighted by atomic mass is 9.79. The molecule has 0 spiro atoms.